The molecule has 1 aromatic carbocycles. The summed E-state index contributed by atoms with van der Waals surface area (Å²) in [6, 6.07) is 7.04. The lowest BCUT2D eigenvalue weighted by molar-refractivity contribution is 0.103. The zero-order chi connectivity index (χ0) is 19.4. The van der Waals surface area contributed by atoms with Crippen LogP contribution < -0.4 is 10.9 Å². The summed E-state index contributed by atoms with van der Waals surface area (Å²) in [5, 5.41) is 14.0. The zero-order valence-corrected chi connectivity index (χ0v) is 16.6. The Morgan fingerprint density at radius 2 is 2.11 bits per heavy atom. The van der Waals surface area contributed by atoms with Crippen LogP contribution in [0.2, 0.25) is 0 Å². The van der Waals surface area contributed by atoms with E-state index in [0.717, 1.165) is 29.5 Å². The van der Waals surface area contributed by atoms with Crippen molar-refractivity contribution in [2.45, 2.75) is 38.1 Å². The highest BCUT2D eigenvalue weighted by Crippen LogP contribution is 2.28. The maximum atomic E-state index is 12.7. The van der Waals surface area contributed by atoms with E-state index in [4.69, 9.17) is 5.26 Å². The molecule has 1 N–H and O–H groups in total. The van der Waals surface area contributed by atoms with Crippen molar-refractivity contribution in [2.24, 2.45) is 0 Å². The molecule has 0 unspecified atom stereocenters. The topological polar surface area (TPSA) is 87.8 Å². The maximum Gasteiger partial charge on any atom is 0.266 e. The first-order valence-electron chi connectivity index (χ1n) is 8.51. The number of benzene rings is 1. The average Bonchev–Trinajstić information content (AvgIpc) is 3.00. The minimum absolute atomic E-state index is 0.0980. The third-order valence-corrected chi connectivity index (χ3v) is 5.95. The second kappa shape index (κ2) is 8.37. The number of hydrogen-bond acceptors (Lipinski definition) is 6. The molecule has 3 rings (SSSR count). The molecule has 6 nitrogen and oxygen atoms in total. The smallest absolute Gasteiger partial charge is 0.266 e. The van der Waals surface area contributed by atoms with E-state index in [1.807, 2.05) is 5.40 Å². The molecule has 3 aromatic rings. The van der Waals surface area contributed by atoms with Crippen molar-refractivity contribution in [1.29, 1.82) is 5.26 Å². The Balaban J connectivity index is 1.88. The van der Waals surface area contributed by atoms with Gasteiger partial charge in [0.1, 0.15) is 10.2 Å². The average molecular weight is 399 g/mol. The Morgan fingerprint density at radius 3 is 2.78 bits per heavy atom. The highest BCUT2D eigenvalue weighted by atomic mass is 32.2. The minimum atomic E-state index is -0.268. The van der Waals surface area contributed by atoms with Gasteiger partial charge in [0, 0.05) is 17.1 Å². The predicted octanol–water partition coefficient (Wildman–Crippen LogP) is 4.39. The number of fused-ring (bicyclic) bond motifs is 1. The van der Waals surface area contributed by atoms with Crippen molar-refractivity contribution >= 4 is 44.9 Å². The first-order chi connectivity index (χ1) is 13.0. The van der Waals surface area contributed by atoms with Crippen molar-refractivity contribution in [3.63, 3.8) is 0 Å². The summed E-state index contributed by atoms with van der Waals surface area (Å²) >= 11 is 2.29. The number of nitrogens with one attached hydrogen (secondary N) is 1. The first-order valence-corrected chi connectivity index (χ1v) is 10.1. The van der Waals surface area contributed by atoms with E-state index in [1.54, 1.807) is 42.1 Å². The summed E-state index contributed by atoms with van der Waals surface area (Å²) in [4.78, 5) is 31.6. The van der Waals surface area contributed by atoms with Gasteiger partial charge in [-0.05, 0) is 54.9 Å². The third kappa shape index (κ3) is 4.04. The number of anilines is 1. The lowest BCUT2D eigenvalue weighted by Crippen LogP contribution is -2.20. The van der Waals surface area contributed by atoms with Gasteiger partial charge < -0.3 is 5.32 Å². The molecule has 0 atom stereocenters. The van der Waals surface area contributed by atoms with Gasteiger partial charge in [-0.3, -0.25) is 14.2 Å². The summed E-state index contributed by atoms with van der Waals surface area (Å²) in [6.45, 7) is 4.48. The van der Waals surface area contributed by atoms with Crippen LogP contribution in [-0.2, 0) is 6.54 Å². The maximum absolute atomic E-state index is 12.7. The molecule has 0 aliphatic rings. The Bertz CT molecular complexity index is 1080. The Kier molecular flexibility index (Phi) is 5.94. The standard InChI is InChI=1S/C19H18N4O2S2/c1-3-4-9-23-11-21-18-15(19(23)25)12(2)16(27-18)17(24)22-13-5-7-14(8-6-13)26-10-20/h5-8,11H,3-4,9H2,1-2H3,(H,22,24). The predicted molar refractivity (Wildman–Crippen MR) is 109 cm³/mol. The fraction of sp³-hybridized carbons (Fsp3) is 0.263. The summed E-state index contributed by atoms with van der Waals surface area (Å²) < 4.78 is 1.61. The molecule has 0 saturated carbocycles. The van der Waals surface area contributed by atoms with Crippen molar-refractivity contribution in [3.05, 3.63) is 51.4 Å². The number of aromatic nitrogens is 2. The molecule has 2 heterocycles. The number of amides is 1. The van der Waals surface area contributed by atoms with Gasteiger partial charge in [0.25, 0.3) is 11.5 Å². The molecule has 2 aromatic heterocycles. The van der Waals surface area contributed by atoms with Gasteiger partial charge in [-0.25, -0.2) is 4.98 Å². The summed E-state index contributed by atoms with van der Waals surface area (Å²) in [5.74, 6) is -0.268. The number of thiophene rings is 1. The van der Waals surface area contributed by atoms with Crippen LogP contribution in [0, 0.1) is 17.6 Å². The van der Waals surface area contributed by atoms with Crippen LogP contribution in [-0.4, -0.2) is 15.5 Å². The molecule has 1 amide bonds. The molecule has 0 bridgehead atoms. The van der Waals surface area contributed by atoms with Gasteiger partial charge in [0.15, 0.2) is 0 Å². The lowest BCUT2D eigenvalue weighted by Gasteiger charge is -2.05. The number of carbonyl (C=O) groups excluding carboxylic acids is 1. The van der Waals surface area contributed by atoms with Gasteiger partial charge >= 0.3 is 0 Å². The van der Waals surface area contributed by atoms with Crippen molar-refractivity contribution in [2.75, 3.05) is 5.32 Å². The third-order valence-electron chi connectivity index (χ3n) is 4.15. The molecule has 0 radical (unpaired) electrons. The Labute approximate surface area is 164 Å². The number of nitrogens with zero attached hydrogens (tertiary/aromatic N) is 3. The number of hydrogen-bond donors (Lipinski definition) is 1. The molecule has 0 aliphatic carbocycles. The number of thiocyanates is 1. The molecule has 0 aliphatic heterocycles. The monoisotopic (exact) mass is 398 g/mol. The van der Waals surface area contributed by atoms with Crippen LogP contribution in [0.4, 0.5) is 5.69 Å². The molecule has 27 heavy (non-hydrogen) atoms. The summed E-state index contributed by atoms with van der Waals surface area (Å²) in [7, 11) is 0. The fourth-order valence-electron chi connectivity index (χ4n) is 2.71. The van der Waals surface area contributed by atoms with E-state index in [1.165, 1.54) is 11.3 Å². The number of aryl methyl sites for hydroxylation is 2. The number of thioether (sulfide) groups is 1. The molecular weight excluding hydrogens is 380 g/mol. The lowest BCUT2D eigenvalue weighted by atomic mass is 10.2. The largest absolute Gasteiger partial charge is 0.321 e. The Morgan fingerprint density at radius 1 is 1.37 bits per heavy atom. The summed E-state index contributed by atoms with van der Waals surface area (Å²) in [6.07, 6.45) is 3.46. The van der Waals surface area contributed by atoms with E-state index >= 15 is 0 Å². The van der Waals surface area contributed by atoms with Crippen LogP contribution >= 0.6 is 23.1 Å². The fourth-order valence-corrected chi connectivity index (χ4v) is 4.12. The quantitative estimate of drug-likeness (QED) is 0.491. The highest BCUT2D eigenvalue weighted by molar-refractivity contribution is 8.03. The van der Waals surface area contributed by atoms with Gasteiger partial charge in [0.05, 0.1) is 16.6 Å². The second-order valence-corrected chi connectivity index (χ2v) is 7.86. The molecule has 8 heteroatoms. The number of unbranched alkanes of at least 4 members (excludes halogenated alkanes) is 1. The van der Waals surface area contributed by atoms with Crippen LogP contribution in [0.5, 0.6) is 0 Å². The van der Waals surface area contributed by atoms with Crippen molar-refractivity contribution in [1.82, 2.24) is 9.55 Å². The zero-order valence-electron chi connectivity index (χ0n) is 15.0. The van der Waals surface area contributed by atoms with E-state index in [-0.39, 0.29) is 11.5 Å². The van der Waals surface area contributed by atoms with Gasteiger partial charge in [-0.1, -0.05) is 13.3 Å². The molecule has 138 valence electrons. The molecule has 0 fully saturated rings. The van der Waals surface area contributed by atoms with E-state index in [9.17, 15) is 9.59 Å². The summed E-state index contributed by atoms with van der Waals surface area (Å²) in [5.41, 5.74) is 1.19. The highest BCUT2D eigenvalue weighted by Gasteiger charge is 2.19. The SMILES string of the molecule is CCCCn1cnc2sc(C(=O)Nc3ccc(SC#N)cc3)c(C)c2c1=O. The second-order valence-electron chi connectivity index (χ2n) is 6.00. The Hall–Kier alpha value is -2.63. The molecule has 0 saturated heterocycles. The number of carbonyl (C=O) groups is 1. The van der Waals surface area contributed by atoms with Crippen LogP contribution in [0.1, 0.15) is 35.0 Å². The van der Waals surface area contributed by atoms with Crippen molar-refractivity contribution < 1.29 is 4.79 Å². The van der Waals surface area contributed by atoms with Gasteiger partial charge in [0.2, 0.25) is 0 Å². The number of nitriles is 1. The van der Waals surface area contributed by atoms with Crippen LogP contribution in [0.15, 0.2) is 40.3 Å². The van der Waals surface area contributed by atoms with Crippen molar-refractivity contribution in [3.8, 4) is 5.40 Å². The van der Waals surface area contributed by atoms with E-state index in [2.05, 4.69) is 17.2 Å². The number of rotatable bonds is 6. The first kappa shape index (κ1) is 19.1. The normalized spacial score (nSPS) is 10.7. The van der Waals surface area contributed by atoms with E-state index in [0.29, 0.717) is 32.9 Å². The van der Waals surface area contributed by atoms with Crippen LogP contribution in [0.25, 0.3) is 10.2 Å². The van der Waals surface area contributed by atoms with Gasteiger partial charge in [-0.2, -0.15) is 5.26 Å². The van der Waals surface area contributed by atoms with E-state index < -0.39 is 0 Å². The molecular formula is C19H18N4O2S2. The molecule has 0 spiro atoms. The van der Waals surface area contributed by atoms with Gasteiger partial charge in [-0.15, -0.1) is 11.3 Å². The minimum Gasteiger partial charge on any atom is -0.321 e. The van der Waals surface area contributed by atoms with Crippen LogP contribution in [0.3, 0.4) is 0 Å².